The summed E-state index contributed by atoms with van der Waals surface area (Å²) < 4.78 is 4.66. The van der Waals surface area contributed by atoms with Crippen LogP contribution in [0.25, 0.3) is 98.9 Å². The van der Waals surface area contributed by atoms with Crippen molar-refractivity contribution in [2.75, 3.05) is 0 Å². The molecule has 220 valence electrons. The summed E-state index contributed by atoms with van der Waals surface area (Å²) in [5.74, 6) is 0.554. The van der Waals surface area contributed by atoms with Crippen LogP contribution in [0.2, 0.25) is 0 Å². The number of fused-ring (bicyclic) bond motifs is 13. The maximum atomic E-state index is 9.44. The Kier molecular flexibility index (Phi) is 4.82. The van der Waals surface area contributed by atoms with Crippen molar-refractivity contribution in [1.82, 2.24) is 23.9 Å². The summed E-state index contributed by atoms with van der Waals surface area (Å²) >= 11 is 0. The molecule has 11 aromatic rings. The van der Waals surface area contributed by atoms with E-state index in [-0.39, 0.29) is 0 Å². The fourth-order valence-electron chi connectivity index (χ4n) is 7.96. The summed E-state index contributed by atoms with van der Waals surface area (Å²) in [5, 5.41) is 20.0. The number of nitrogens with zero attached hydrogens (tertiary/aromatic N) is 6. The normalized spacial score (nSPS) is 12.1. The van der Waals surface area contributed by atoms with Gasteiger partial charge in [0.25, 0.3) is 0 Å². The lowest BCUT2D eigenvalue weighted by Gasteiger charge is -2.11. The van der Waals surface area contributed by atoms with Gasteiger partial charge >= 0.3 is 0 Å². The first kappa shape index (κ1) is 25.4. The molecule has 0 aliphatic heterocycles. The largest absolute Gasteiger partial charge is 0.308 e. The maximum absolute atomic E-state index is 9.44. The van der Waals surface area contributed by atoms with E-state index in [4.69, 9.17) is 15.0 Å². The average Bonchev–Trinajstić information content (AvgIpc) is 3.79. The third-order valence-electron chi connectivity index (χ3n) is 9.94. The van der Waals surface area contributed by atoms with Crippen LogP contribution in [0.4, 0.5) is 0 Å². The zero-order valence-electron chi connectivity index (χ0n) is 25.4. The first-order valence-corrected chi connectivity index (χ1v) is 15.9. The quantitative estimate of drug-likeness (QED) is 0.195. The highest BCUT2D eigenvalue weighted by atomic mass is 15.2. The van der Waals surface area contributed by atoms with Crippen molar-refractivity contribution in [1.29, 1.82) is 5.26 Å². The highest BCUT2D eigenvalue weighted by Crippen LogP contribution is 2.48. The summed E-state index contributed by atoms with van der Waals surface area (Å²) in [4.78, 5) is 15.1. The number of benzene rings is 6. The third kappa shape index (κ3) is 3.17. The Morgan fingerprint density at radius 1 is 0.542 bits per heavy atom. The molecule has 6 aromatic carbocycles. The molecule has 0 spiro atoms. The van der Waals surface area contributed by atoms with E-state index >= 15 is 0 Å². The van der Waals surface area contributed by atoms with Crippen molar-refractivity contribution in [2.45, 2.75) is 0 Å². The molecule has 11 rings (SSSR count). The molecule has 6 heteroatoms. The van der Waals surface area contributed by atoms with E-state index in [0.717, 1.165) is 33.1 Å². The van der Waals surface area contributed by atoms with Gasteiger partial charge in [0.05, 0.1) is 44.9 Å². The van der Waals surface area contributed by atoms with Crippen LogP contribution in [-0.4, -0.2) is 23.9 Å². The monoisotopic (exact) mass is 610 g/mol. The van der Waals surface area contributed by atoms with Gasteiger partial charge in [-0.3, -0.25) is 4.57 Å². The van der Waals surface area contributed by atoms with Gasteiger partial charge in [0.2, 0.25) is 5.95 Å². The standard InChI is InChI=1S/C42H22N6/c43-23-24-15-17-26(18-16-24)39-30-12-7-21-44-41(30)46-42(45-39)48-33-14-6-4-11-29(33)37-35(48)22-31-28-10-3-5-13-32(28)47-34-20-19-25-8-1-2-9-27(25)36(34)38(37)40(31)47/h1-22H. The highest BCUT2D eigenvalue weighted by molar-refractivity contribution is 6.38. The van der Waals surface area contributed by atoms with Gasteiger partial charge in [0, 0.05) is 49.5 Å². The predicted octanol–water partition coefficient (Wildman–Crippen LogP) is 9.96. The molecule has 0 amide bonds. The molecule has 0 radical (unpaired) electrons. The van der Waals surface area contributed by atoms with Gasteiger partial charge in [0.1, 0.15) is 0 Å². The minimum atomic E-state index is 0.554. The molecule has 48 heavy (non-hydrogen) atoms. The molecule has 0 fully saturated rings. The molecule has 0 unspecified atom stereocenters. The van der Waals surface area contributed by atoms with Crippen LogP contribution in [0, 0.1) is 11.3 Å². The number of aromatic nitrogens is 5. The second kappa shape index (κ2) is 9.12. The molecular weight excluding hydrogens is 589 g/mol. The van der Waals surface area contributed by atoms with Gasteiger partial charge in [-0.1, -0.05) is 78.9 Å². The molecule has 0 saturated carbocycles. The molecule has 0 N–H and O–H groups in total. The second-order valence-electron chi connectivity index (χ2n) is 12.4. The van der Waals surface area contributed by atoms with Gasteiger partial charge in [-0.15, -0.1) is 0 Å². The van der Waals surface area contributed by atoms with Gasteiger partial charge in [-0.2, -0.15) is 10.2 Å². The summed E-state index contributed by atoms with van der Waals surface area (Å²) in [6.45, 7) is 0. The lowest BCUT2D eigenvalue weighted by atomic mass is 9.98. The van der Waals surface area contributed by atoms with E-state index in [9.17, 15) is 5.26 Å². The molecule has 0 aliphatic carbocycles. The van der Waals surface area contributed by atoms with Crippen LogP contribution in [0.1, 0.15) is 5.56 Å². The van der Waals surface area contributed by atoms with Crippen LogP contribution in [0.3, 0.4) is 0 Å². The Bertz CT molecular complexity index is 3180. The van der Waals surface area contributed by atoms with E-state index in [1.54, 1.807) is 6.20 Å². The SMILES string of the molecule is N#Cc1ccc(-c2nc(-n3c4ccccc4c4c5c6c7ccccc7ccc6n6c7ccccc7c(cc43)c56)nc3ncccc23)cc1. The summed E-state index contributed by atoms with van der Waals surface area (Å²) in [7, 11) is 0. The number of pyridine rings is 1. The van der Waals surface area contributed by atoms with Gasteiger partial charge in [0.15, 0.2) is 5.65 Å². The fourth-order valence-corrected chi connectivity index (χ4v) is 7.96. The van der Waals surface area contributed by atoms with Gasteiger partial charge in [-0.05, 0) is 59.3 Å². The Morgan fingerprint density at radius 3 is 2.12 bits per heavy atom. The van der Waals surface area contributed by atoms with Crippen molar-refractivity contribution < 1.29 is 0 Å². The summed E-state index contributed by atoms with van der Waals surface area (Å²) in [5.41, 5.74) is 8.60. The van der Waals surface area contributed by atoms with Crippen LogP contribution in [-0.2, 0) is 0 Å². The minimum absolute atomic E-state index is 0.554. The zero-order valence-corrected chi connectivity index (χ0v) is 25.4. The Hall–Kier alpha value is -6.84. The van der Waals surface area contributed by atoms with Crippen molar-refractivity contribution in [3.05, 3.63) is 139 Å². The maximum Gasteiger partial charge on any atom is 0.237 e. The van der Waals surface area contributed by atoms with Crippen LogP contribution >= 0.6 is 0 Å². The number of hydrogen-bond donors (Lipinski definition) is 0. The molecule has 5 heterocycles. The molecule has 0 saturated heterocycles. The van der Waals surface area contributed by atoms with Crippen molar-refractivity contribution in [3.63, 3.8) is 0 Å². The minimum Gasteiger partial charge on any atom is -0.308 e. The highest BCUT2D eigenvalue weighted by Gasteiger charge is 2.26. The van der Waals surface area contributed by atoms with Crippen molar-refractivity contribution in [2.24, 2.45) is 0 Å². The number of rotatable bonds is 2. The smallest absolute Gasteiger partial charge is 0.237 e. The van der Waals surface area contributed by atoms with Crippen molar-refractivity contribution in [3.8, 4) is 23.3 Å². The van der Waals surface area contributed by atoms with Gasteiger partial charge < -0.3 is 4.40 Å². The fraction of sp³-hybridized carbons (Fsp3) is 0. The molecule has 0 aliphatic rings. The Balaban J connectivity index is 1.37. The lowest BCUT2D eigenvalue weighted by molar-refractivity contribution is 1.01. The number of hydrogen-bond acceptors (Lipinski definition) is 4. The van der Waals surface area contributed by atoms with Crippen LogP contribution in [0.5, 0.6) is 0 Å². The lowest BCUT2D eigenvalue weighted by Crippen LogP contribution is -2.04. The Morgan fingerprint density at radius 2 is 1.27 bits per heavy atom. The van der Waals surface area contributed by atoms with Crippen molar-refractivity contribution >= 4 is 81.7 Å². The van der Waals surface area contributed by atoms with E-state index < -0.39 is 0 Å². The average molecular weight is 611 g/mol. The van der Waals surface area contributed by atoms with E-state index in [2.05, 4.69) is 106 Å². The van der Waals surface area contributed by atoms with Gasteiger partial charge in [-0.25, -0.2) is 9.97 Å². The van der Waals surface area contributed by atoms with Crippen LogP contribution < -0.4 is 0 Å². The molecular formula is C42H22N6. The molecule has 5 aromatic heterocycles. The number of nitriles is 1. The van der Waals surface area contributed by atoms with E-state index in [1.807, 2.05) is 36.4 Å². The first-order valence-electron chi connectivity index (χ1n) is 15.9. The summed E-state index contributed by atoms with van der Waals surface area (Å²) in [6, 6.07) is 46.5. The molecule has 0 bridgehead atoms. The molecule has 0 atom stereocenters. The Labute approximate surface area is 272 Å². The summed E-state index contributed by atoms with van der Waals surface area (Å²) in [6.07, 6.45) is 1.77. The zero-order chi connectivity index (χ0) is 31.5. The van der Waals surface area contributed by atoms with E-state index in [0.29, 0.717) is 17.2 Å². The predicted molar refractivity (Wildman–Crippen MR) is 194 cm³/mol. The second-order valence-corrected chi connectivity index (χ2v) is 12.4. The first-order chi connectivity index (χ1) is 23.8. The third-order valence-corrected chi connectivity index (χ3v) is 9.94. The van der Waals surface area contributed by atoms with Crippen LogP contribution in [0.15, 0.2) is 134 Å². The molecule has 6 nitrogen and oxygen atoms in total. The topological polar surface area (TPSA) is 71.8 Å². The number of para-hydroxylation sites is 2. The van der Waals surface area contributed by atoms with E-state index in [1.165, 1.54) is 54.3 Å².